The van der Waals surface area contributed by atoms with Crippen molar-refractivity contribution in [2.75, 3.05) is 0 Å². The van der Waals surface area contributed by atoms with Gasteiger partial charge in [0.2, 0.25) is 0 Å². The molecule has 0 aliphatic heterocycles. The summed E-state index contributed by atoms with van der Waals surface area (Å²) in [5.41, 5.74) is 2.94. The maximum Gasteiger partial charge on any atom is 0.454 e. The Bertz CT molecular complexity index is 1310. The van der Waals surface area contributed by atoms with Gasteiger partial charge in [0, 0.05) is 24.2 Å². The molecule has 0 aliphatic rings. The van der Waals surface area contributed by atoms with Crippen LogP contribution in [0.2, 0.25) is 13.1 Å². The average Bonchev–Trinajstić information content (AvgIpc) is 3.61. The molecule has 2 aromatic heterocycles. The van der Waals surface area contributed by atoms with Crippen molar-refractivity contribution in [1.29, 1.82) is 0 Å². The van der Waals surface area contributed by atoms with Crippen LogP contribution in [-0.2, 0) is 0 Å². The summed E-state index contributed by atoms with van der Waals surface area (Å²) in [4.78, 5) is 0. The van der Waals surface area contributed by atoms with Crippen LogP contribution in [0.4, 0.5) is 0 Å². The second-order valence-corrected chi connectivity index (χ2v) is 11.7. The van der Waals surface area contributed by atoms with E-state index in [9.17, 15) is 0 Å². The Morgan fingerprint density at radius 3 is 1.49 bits per heavy atom. The Kier molecular flexibility index (Phi) is 8.27. The average molecular weight is 513 g/mol. The Labute approximate surface area is 216 Å². The van der Waals surface area contributed by atoms with Gasteiger partial charge in [-0.1, -0.05) is 24.3 Å². The van der Waals surface area contributed by atoms with Crippen LogP contribution < -0.4 is 8.85 Å². The van der Waals surface area contributed by atoms with Crippen molar-refractivity contribution in [2.45, 2.75) is 26.9 Å². The largest absolute Gasteiger partial charge is 0.512 e. The molecule has 0 spiro atoms. The smallest absolute Gasteiger partial charge is 0.454 e. The highest BCUT2D eigenvalue weighted by Crippen LogP contribution is 2.25. The molecule has 0 amide bonds. The van der Waals surface area contributed by atoms with Crippen molar-refractivity contribution in [3.63, 3.8) is 0 Å². The van der Waals surface area contributed by atoms with E-state index in [1.165, 1.54) is 0 Å². The molecule has 2 aromatic carbocycles. The minimum Gasteiger partial charge on any atom is -0.512 e. The van der Waals surface area contributed by atoms with Gasteiger partial charge < -0.3 is 17.7 Å². The molecule has 0 aliphatic carbocycles. The lowest BCUT2D eigenvalue weighted by molar-refractivity contribution is 0.399. The fraction of sp³-hybridized carbons (Fsp3) is 0.143. The molecule has 0 saturated carbocycles. The van der Waals surface area contributed by atoms with Gasteiger partial charge in [0.25, 0.3) is 0 Å². The topological polar surface area (TPSA) is 94.2 Å². The normalized spacial score (nSPS) is 13.0. The number of para-hydroxylation sites is 2. The maximum atomic E-state index is 6.39. The Balaban J connectivity index is 1.47. The lowest BCUT2D eigenvalue weighted by atomic mass is 10.2. The van der Waals surface area contributed by atoms with E-state index in [1.807, 2.05) is 99.7 Å². The second kappa shape index (κ2) is 12.0. The monoisotopic (exact) mass is 512 g/mol. The molecule has 0 bridgehead atoms. The number of rotatable bonds is 10. The van der Waals surface area contributed by atoms with Crippen LogP contribution in [0.25, 0.3) is 0 Å². The number of benzene rings is 2. The molecule has 9 heteroatoms. The van der Waals surface area contributed by atoms with Crippen LogP contribution in [0.1, 0.15) is 36.5 Å². The van der Waals surface area contributed by atoms with Crippen LogP contribution in [0, 0.1) is 0 Å². The summed E-state index contributed by atoms with van der Waals surface area (Å²) >= 11 is 0. The summed E-state index contributed by atoms with van der Waals surface area (Å²) in [6.45, 7) is 7.64. The highest BCUT2D eigenvalue weighted by molar-refractivity contribution is 6.66. The summed E-state index contributed by atoms with van der Waals surface area (Å²) in [7, 11) is -2.68. The molecule has 0 unspecified atom stereocenters. The van der Waals surface area contributed by atoms with E-state index in [0.717, 1.165) is 11.1 Å². The van der Waals surface area contributed by atoms with Crippen molar-refractivity contribution < 1.29 is 17.7 Å². The summed E-state index contributed by atoms with van der Waals surface area (Å²) in [5, 5.41) is 16.9. The predicted octanol–water partition coefficient (Wildman–Crippen LogP) is 6.72. The molecule has 0 saturated heterocycles. The molecule has 0 atom stereocenters. The highest BCUT2D eigenvalue weighted by Gasteiger charge is 2.30. The zero-order chi connectivity index (χ0) is 26.1. The Morgan fingerprint density at radius 1 is 0.649 bits per heavy atom. The number of nitrogens with zero attached hydrogens (tertiary/aromatic N) is 4. The van der Waals surface area contributed by atoms with E-state index in [-0.39, 0.29) is 0 Å². The molecule has 4 aromatic rings. The molecular weight excluding hydrogens is 484 g/mol. The van der Waals surface area contributed by atoms with Crippen LogP contribution in [0.5, 0.6) is 11.5 Å². The third-order valence-corrected chi connectivity index (χ3v) is 6.54. The van der Waals surface area contributed by atoms with E-state index in [4.69, 9.17) is 17.7 Å². The Hall–Kier alpha value is -4.50. The molecule has 0 radical (unpaired) electrons. The van der Waals surface area contributed by atoms with E-state index in [1.54, 1.807) is 25.0 Å². The zero-order valence-electron chi connectivity index (χ0n) is 21.2. The van der Waals surface area contributed by atoms with E-state index >= 15 is 0 Å². The van der Waals surface area contributed by atoms with Crippen molar-refractivity contribution in [3.05, 3.63) is 108 Å². The van der Waals surface area contributed by atoms with Gasteiger partial charge in [0.15, 0.2) is 0 Å². The minimum absolute atomic E-state index is 0.665. The first-order valence-electron chi connectivity index (χ1n) is 11.7. The molecule has 188 valence electrons. The van der Waals surface area contributed by atoms with Crippen LogP contribution in [0.15, 0.2) is 115 Å². The zero-order valence-corrected chi connectivity index (χ0v) is 22.2. The van der Waals surface area contributed by atoms with Gasteiger partial charge in [-0.3, -0.25) is 0 Å². The Morgan fingerprint density at radius 2 is 1.08 bits per heavy atom. The lowest BCUT2D eigenvalue weighted by Crippen LogP contribution is -2.42. The van der Waals surface area contributed by atoms with Gasteiger partial charge in [0.05, 0.1) is 25.0 Å². The summed E-state index contributed by atoms with van der Waals surface area (Å²) in [5.74, 6) is 2.68. The summed E-state index contributed by atoms with van der Waals surface area (Å²) < 4.78 is 23.5. The number of furan rings is 2. The minimum atomic E-state index is -2.68. The van der Waals surface area contributed by atoms with Crippen molar-refractivity contribution in [1.82, 2.24) is 0 Å². The first kappa shape index (κ1) is 25.6. The molecule has 0 N–H and O–H groups in total. The number of hydrogen-bond donors (Lipinski definition) is 0. The SMILES string of the molecule is C/C(=N\N=C\c1ccccc1O[Si](C)(C)Oc1ccccc1/C=N/N=C(\C)c1ccco1)c1ccco1. The van der Waals surface area contributed by atoms with Gasteiger partial charge in [-0.2, -0.15) is 20.4 Å². The van der Waals surface area contributed by atoms with Gasteiger partial charge in [0.1, 0.15) is 34.4 Å². The third kappa shape index (κ3) is 7.25. The van der Waals surface area contributed by atoms with Crippen molar-refractivity contribution >= 4 is 32.4 Å². The fourth-order valence-corrected chi connectivity index (χ4v) is 4.81. The summed E-state index contributed by atoms with van der Waals surface area (Å²) in [6.07, 6.45) is 6.53. The van der Waals surface area contributed by atoms with Gasteiger partial charge >= 0.3 is 8.56 Å². The van der Waals surface area contributed by atoms with E-state index in [2.05, 4.69) is 20.4 Å². The number of hydrogen-bond acceptors (Lipinski definition) is 8. The lowest BCUT2D eigenvalue weighted by Gasteiger charge is -2.26. The van der Waals surface area contributed by atoms with Gasteiger partial charge in [-0.05, 0) is 62.4 Å². The molecule has 37 heavy (non-hydrogen) atoms. The van der Waals surface area contributed by atoms with Crippen molar-refractivity contribution in [3.8, 4) is 11.5 Å². The maximum absolute atomic E-state index is 6.39. The standard InChI is InChI=1S/C28H28N4O4Si/c1-21(25-15-9-17-33-25)31-29-19-23-11-5-7-13-27(23)35-37(3,4)36-28-14-8-6-12-24(28)20-30-32-22(2)26-16-10-18-34-26/h5-20H,1-4H3/b29-19+,30-20+,31-21+,32-22+. The first-order chi connectivity index (χ1) is 17.9. The van der Waals surface area contributed by atoms with Gasteiger partial charge in [-0.15, -0.1) is 0 Å². The quantitative estimate of drug-likeness (QED) is 0.134. The van der Waals surface area contributed by atoms with E-state index in [0.29, 0.717) is 34.4 Å². The molecule has 2 heterocycles. The summed E-state index contributed by atoms with van der Waals surface area (Å²) in [6, 6.07) is 22.6. The van der Waals surface area contributed by atoms with Crippen LogP contribution in [0.3, 0.4) is 0 Å². The van der Waals surface area contributed by atoms with Crippen LogP contribution >= 0.6 is 0 Å². The van der Waals surface area contributed by atoms with Gasteiger partial charge in [-0.25, -0.2) is 0 Å². The first-order valence-corrected chi connectivity index (χ1v) is 14.5. The van der Waals surface area contributed by atoms with Crippen molar-refractivity contribution in [2.24, 2.45) is 20.4 Å². The molecular formula is C28H28N4O4Si. The highest BCUT2D eigenvalue weighted by atomic mass is 28.4. The molecule has 8 nitrogen and oxygen atoms in total. The predicted molar refractivity (Wildman–Crippen MR) is 149 cm³/mol. The van der Waals surface area contributed by atoms with Crippen LogP contribution in [-0.4, -0.2) is 32.4 Å². The second-order valence-electron chi connectivity index (χ2n) is 8.49. The third-order valence-electron chi connectivity index (χ3n) is 5.11. The molecule has 4 rings (SSSR count). The fourth-order valence-electron chi connectivity index (χ4n) is 3.33. The van der Waals surface area contributed by atoms with E-state index < -0.39 is 8.56 Å². The molecule has 0 fully saturated rings.